The fourth-order valence-corrected chi connectivity index (χ4v) is 2.01. The molecule has 0 saturated heterocycles. The highest BCUT2D eigenvalue weighted by Crippen LogP contribution is 2.25. The molecular weight excluding hydrogens is 276 g/mol. The van der Waals surface area contributed by atoms with Gasteiger partial charge in [-0.2, -0.15) is 10.4 Å². The summed E-state index contributed by atoms with van der Waals surface area (Å²) in [6.45, 7) is 1.39. The van der Waals surface area contributed by atoms with Crippen molar-refractivity contribution < 1.29 is 9.90 Å². The van der Waals surface area contributed by atoms with E-state index in [9.17, 15) is 4.79 Å². The Hall–Kier alpha value is -2.72. The molecule has 2 N–H and O–H groups in total. The number of hydrazone groups is 1. The molecule has 1 aromatic carbocycles. The Morgan fingerprint density at radius 1 is 1.45 bits per heavy atom. The first-order valence-electron chi connectivity index (χ1n) is 5.60. The number of hydrogen-bond acceptors (Lipinski definition) is 6. The van der Waals surface area contributed by atoms with Crippen molar-refractivity contribution >= 4 is 28.1 Å². The van der Waals surface area contributed by atoms with Gasteiger partial charge in [-0.05, 0) is 19.1 Å². The van der Waals surface area contributed by atoms with Crippen LogP contribution in [-0.4, -0.2) is 21.8 Å². The van der Waals surface area contributed by atoms with Gasteiger partial charge < -0.3 is 5.11 Å². The number of carboxylic acid groups (broad SMARTS) is 1. The molecule has 1 heterocycles. The zero-order valence-corrected chi connectivity index (χ0v) is 11.3. The number of carbonyl (C=O) groups is 1. The minimum absolute atomic E-state index is 0.0416. The Morgan fingerprint density at radius 3 is 2.75 bits per heavy atom. The average molecular weight is 286 g/mol. The lowest BCUT2D eigenvalue weighted by molar-refractivity contribution is -0.129. The van der Waals surface area contributed by atoms with Crippen LogP contribution < -0.4 is 5.43 Å². The van der Waals surface area contributed by atoms with E-state index in [1.807, 2.05) is 17.5 Å². The number of rotatable bonds is 4. The highest BCUT2D eigenvalue weighted by atomic mass is 32.1. The fraction of sp³-hybridized carbons (Fsp3) is 0.0769. The lowest BCUT2D eigenvalue weighted by Gasteiger charge is -1.97. The second-order valence-corrected chi connectivity index (χ2v) is 4.70. The van der Waals surface area contributed by atoms with Crippen LogP contribution in [-0.2, 0) is 4.79 Å². The van der Waals surface area contributed by atoms with Gasteiger partial charge in [0.2, 0.25) is 5.13 Å². The Kier molecular flexibility index (Phi) is 4.08. The van der Waals surface area contributed by atoms with Gasteiger partial charge in [0.05, 0.1) is 17.3 Å². The number of nitriles is 1. The predicted octanol–water partition coefficient (Wildman–Crippen LogP) is 2.55. The van der Waals surface area contributed by atoms with Crippen LogP contribution in [0, 0.1) is 11.3 Å². The molecule has 2 rings (SSSR count). The molecule has 0 bridgehead atoms. The number of thiazole rings is 1. The van der Waals surface area contributed by atoms with Crippen LogP contribution in [0.15, 0.2) is 34.7 Å². The van der Waals surface area contributed by atoms with Gasteiger partial charge in [-0.3, -0.25) is 5.43 Å². The summed E-state index contributed by atoms with van der Waals surface area (Å²) in [7, 11) is 0. The smallest absolute Gasteiger partial charge is 0.351 e. The predicted molar refractivity (Wildman–Crippen MR) is 76.6 cm³/mol. The lowest BCUT2D eigenvalue weighted by Crippen LogP contribution is -2.10. The minimum atomic E-state index is -1.08. The second kappa shape index (κ2) is 5.95. The van der Waals surface area contributed by atoms with Gasteiger partial charge in [0.25, 0.3) is 0 Å². The molecular formula is C13H10N4O2S. The normalized spacial score (nSPS) is 10.9. The van der Waals surface area contributed by atoms with E-state index in [-0.39, 0.29) is 5.71 Å². The van der Waals surface area contributed by atoms with Gasteiger partial charge in [0.15, 0.2) is 0 Å². The first-order chi connectivity index (χ1) is 9.60. The van der Waals surface area contributed by atoms with Gasteiger partial charge in [-0.15, -0.1) is 11.3 Å². The largest absolute Gasteiger partial charge is 0.477 e. The van der Waals surface area contributed by atoms with Crippen LogP contribution in [0.1, 0.15) is 12.5 Å². The number of aromatic nitrogens is 1. The van der Waals surface area contributed by atoms with Gasteiger partial charge in [-0.1, -0.05) is 12.1 Å². The zero-order valence-electron chi connectivity index (χ0n) is 10.5. The third-order valence-corrected chi connectivity index (χ3v) is 3.19. The van der Waals surface area contributed by atoms with E-state index in [1.54, 1.807) is 12.1 Å². The highest BCUT2D eigenvalue weighted by molar-refractivity contribution is 7.14. The Balaban J connectivity index is 2.14. The van der Waals surface area contributed by atoms with Crippen molar-refractivity contribution in [2.24, 2.45) is 5.10 Å². The highest BCUT2D eigenvalue weighted by Gasteiger charge is 2.05. The molecule has 2 aromatic rings. The fourth-order valence-electron chi connectivity index (χ4n) is 1.35. The van der Waals surface area contributed by atoms with E-state index < -0.39 is 5.97 Å². The molecule has 0 atom stereocenters. The lowest BCUT2D eigenvalue weighted by atomic mass is 10.1. The molecule has 0 radical (unpaired) electrons. The molecule has 0 saturated carbocycles. The summed E-state index contributed by atoms with van der Waals surface area (Å²) in [4.78, 5) is 14.9. The summed E-state index contributed by atoms with van der Waals surface area (Å²) in [5.74, 6) is -1.08. The summed E-state index contributed by atoms with van der Waals surface area (Å²) >= 11 is 1.32. The molecule has 20 heavy (non-hydrogen) atoms. The molecule has 100 valence electrons. The summed E-state index contributed by atoms with van der Waals surface area (Å²) in [5.41, 5.74) is 4.77. The maximum atomic E-state index is 10.6. The van der Waals surface area contributed by atoms with Crippen molar-refractivity contribution in [3.05, 3.63) is 35.2 Å². The van der Waals surface area contributed by atoms with Gasteiger partial charge in [-0.25, -0.2) is 9.78 Å². The van der Waals surface area contributed by atoms with Crippen LogP contribution in [0.3, 0.4) is 0 Å². The number of nitrogens with zero attached hydrogens (tertiary/aromatic N) is 3. The van der Waals surface area contributed by atoms with Crippen LogP contribution >= 0.6 is 11.3 Å². The first-order valence-corrected chi connectivity index (χ1v) is 6.48. The number of carboxylic acids is 1. The summed E-state index contributed by atoms with van der Waals surface area (Å²) in [6.07, 6.45) is 0. The maximum absolute atomic E-state index is 10.6. The zero-order chi connectivity index (χ0) is 14.5. The van der Waals surface area contributed by atoms with Crippen molar-refractivity contribution in [3.8, 4) is 17.3 Å². The topological polar surface area (TPSA) is 98.4 Å². The molecule has 0 unspecified atom stereocenters. The number of anilines is 1. The molecule has 6 nitrogen and oxygen atoms in total. The van der Waals surface area contributed by atoms with Crippen LogP contribution in [0.2, 0.25) is 0 Å². The monoisotopic (exact) mass is 286 g/mol. The molecule has 0 fully saturated rings. The van der Waals surface area contributed by atoms with Crippen molar-refractivity contribution in [2.45, 2.75) is 6.92 Å². The SMILES string of the molecule is C/C(=N\Nc1nc(-c2ccc(C#N)cc2)cs1)C(=O)O. The van der Waals surface area contributed by atoms with Crippen molar-refractivity contribution in [1.82, 2.24) is 4.98 Å². The molecule has 7 heteroatoms. The number of aliphatic carboxylic acids is 1. The minimum Gasteiger partial charge on any atom is -0.477 e. The third kappa shape index (κ3) is 3.18. The average Bonchev–Trinajstić information content (AvgIpc) is 2.93. The van der Waals surface area contributed by atoms with Crippen molar-refractivity contribution in [3.63, 3.8) is 0 Å². The molecule has 0 amide bonds. The van der Waals surface area contributed by atoms with Crippen LogP contribution in [0.5, 0.6) is 0 Å². The molecule has 0 aliphatic heterocycles. The molecule has 0 aliphatic rings. The van der Waals surface area contributed by atoms with Gasteiger partial charge in [0, 0.05) is 10.9 Å². The Labute approximate surface area is 119 Å². The molecule has 0 aliphatic carbocycles. The quantitative estimate of drug-likeness (QED) is 0.664. The number of hydrogen-bond donors (Lipinski definition) is 2. The first kappa shape index (κ1) is 13.7. The van der Waals surface area contributed by atoms with E-state index in [0.717, 1.165) is 11.3 Å². The van der Waals surface area contributed by atoms with Crippen LogP contribution in [0.4, 0.5) is 5.13 Å². The molecule has 0 spiro atoms. The van der Waals surface area contributed by atoms with Crippen LogP contribution in [0.25, 0.3) is 11.3 Å². The summed E-state index contributed by atoms with van der Waals surface area (Å²) < 4.78 is 0. The van der Waals surface area contributed by atoms with E-state index in [1.165, 1.54) is 18.3 Å². The molecule has 1 aromatic heterocycles. The van der Waals surface area contributed by atoms with E-state index >= 15 is 0 Å². The Bertz CT molecular complexity index is 698. The van der Waals surface area contributed by atoms with Crippen molar-refractivity contribution in [2.75, 3.05) is 5.43 Å². The van der Waals surface area contributed by atoms with E-state index in [2.05, 4.69) is 21.6 Å². The summed E-state index contributed by atoms with van der Waals surface area (Å²) in [6, 6.07) is 9.10. The Morgan fingerprint density at radius 2 is 2.15 bits per heavy atom. The second-order valence-electron chi connectivity index (χ2n) is 3.84. The maximum Gasteiger partial charge on any atom is 0.351 e. The standard InChI is InChI=1S/C13H10N4O2S/c1-8(12(18)19)16-17-13-15-11(7-20-13)10-4-2-9(6-14)3-5-10/h2-5,7H,1H3,(H,15,17)(H,18,19)/b16-8+. The van der Waals surface area contributed by atoms with E-state index in [0.29, 0.717) is 10.7 Å². The number of benzene rings is 1. The summed E-state index contributed by atoms with van der Waals surface area (Å²) in [5, 5.41) is 23.4. The van der Waals surface area contributed by atoms with Gasteiger partial charge in [0.1, 0.15) is 5.71 Å². The third-order valence-electron chi connectivity index (χ3n) is 2.44. The van der Waals surface area contributed by atoms with Crippen molar-refractivity contribution in [1.29, 1.82) is 5.26 Å². The number of nitrogens with one attached hydrogen (secondary N) is 1. The van der Waals surface area contributed by atoms with Gasteiger partial charge >= 0.3 is 5.97 Å². The van der Waals surface area contributed by atoms with E-state index in [4.69, 9.17) is 10.4 Å².